The van der Waals surface area contributed by atoms with E-state index in [4.69, 9.17) is 0 Å². The quantitative estimate of drug-likeness (QED) is 0.450. The molecular weight excluding hydrogens is 421 g/mol. The van der Waals surface area contributed by atoms with Gasteiger partial charge in [0.2, 0.25) is 0 Å². The van der Waals surface area contributed by atoms with E-state index in [9.17, 15) is 35.8 Å². The zero-order chi connectivity index (χ0) is 21.1. The van der Waals surface area contributed by atoms with Crippen LogP contribution in [0.3, 0.4) is 0 Å². The van der Waals surface area contributed by atoms with Gasteiger partial charge in [-0.3, -0.25) is 0 Å². The molecule has 29 heavy (non-hydrogen) atoms. The van der Waals surface area contributed by atoms with Crippen LogP contribution in [0.2, 0.25) is 0 Å². The molecule has 2 aromatic rings. The number of aliphatic hydroxyl groups excluding tert-OH is 1. The van der Waals surface area contributed by atoms with Gasteiger partial charge in [0.1, 0.15) is 17.7 Å². The van der Waals surface area contributed by atoms with Gasteiger partial charge in [0.25, 0.3) is 5.92 Å². The lowest BCUT2D eigenvalue weighted by molar-refractivity contribution is -0.0976. The Kier molecular flexibility index (Phi) is 4.73. The van der Waals surface area contributed by atoms with Crippen LogP contribution in [-0.4, -0.2) is 16.5 Å². The molecule has 2 aliphatic rings. The van der Waals surface area contributed by atoms with Gasteiger partial charge in [-0.1, -0.05) is 12.1 Å². The van der Waals surface area contributed by atoms with Crippen LogP contribution in [0.25, 0.3) is 5.57 Å². The summed E-state index contributed by atoms with van der Waals surface area (Å²) < 4.78 is 95.2. The number of hydrogen-bond acceptors (Lipinski definition) is 2. The Morgan fingerprint density at radius 2 is 1.83 bits per heavy atom. The molecular formula is C20H13F7OS. The van der Waals surface area contributed by atoms with Crippen molar-refractivity contribution < 1.29 is 35.8 Å². The molecule has 0 fully saturated rings. The summed E-state index contributed by atoms with van der Waals surface area (Å²) in [5, 5.41) is 10.0. The maximum absolute atomic E-state index is 14.5. The van der Waals surface area contributed by atoms with Crippen molar-refractivity contribution in [1.82, 2.24) is 0 Å². The van der Waals surface area contributed by atoms with Gasteiger partial charge >= 0.3 is 5.51 Å². The zero-order valence-corrected chi connectivity index (χ0v) is 15.4. The van der Waals surface area contributed by atoms with Crippen LogP contribution < -0.4 is 0 Å². The van der Waals surface area contributed by atoms with Crippen LogP contribution in [0.5, 0.6) is 0 Å². The van der Waals surface area contributed by atoms with Gasteiger partial charge in [0.15, 0.2) is 0 Å². The second kappa shape index (κ2) is 6.77. The van der Waals surface area contributed by atoms with Crippen molar-refractivity contribution in [2.45, 2.75) is 41.7 Å². The van der Waals surface area contributed by atoms with Gasteiger partial charge in [-0.15, -0.1) is 0 Å². The normalized spacial score (nSPS) is 20.3. The third-order valence-corrected chi connectivity index (χ3v) is 5.89. The summed E-state index contributed by atoms with van der Waals surface area (Å²) in [6.07, 6.45) is -1.04. The molecule has 2 aliphatic carbocycles. The smallest absolute Gasteiger partial charge is 0.382 e. The Balaban J connectivity index is 1.91. The molecule has 0 aliphatic heterocycles. The van der Waals surface area contributed by atoms with Crippen molar-refractivity contribution in [3.8, 4) is 0 Å². The fraction of sp³-hybridized carbons (Fsp3) is 0.300. The van der Waals surface area contributed by atoms with Crippen molar-refractivity contribution in [3.05, 3.63) is 69.8 Å². The zero-order valence-electron chi connectivity index (χ0n) is 14.6. The summed E-state index contributed by atoms with van der Waals surface area (Å²) in [5.74, 6) is -5.30. The van der Waals surface area contributed by atoms with Crippen LogP contribution in [0.15, 0.2) is 35.2 Å². The van der Waals surface area contributed by atoms with E-state index < -0.39 is 57.8 Å². The molecule has 0 spiro atoms. The number of hydrogen-bond donors (Lipinski definition) is 1. The van der Waals surface area contributed by atoms with Gasteiger partial charge in [0, 0.05) is 28.5 Å². The first kappa shape index (κ1) is 20.3. The van der Waals surface area contributed by atoms with Gasteiger partial charge < -0.3 is 5.11 Å². The number of aryl methyl sites for hydroxylation is 1. The SMILES string of the molecule is O[C@H]1c2c(SC(F)(F)F)ccc(C3=CCCc4cc(F)cc(F)c43)c2CC1(F)F. The van der Waals surface area contributed by atoms with Crippen LogP contribution in [0.4, 0.5) is 30.7 Å². The number of rotatable bonds is 2. The minimum absolute atomic E-state index is 0.0424. The first-order valence-electron chi connectivity index (χ1n) is 8.64. The molecule has 0 heterocycles. The topological polar surface area (TPSA) is 20.2 Å². The monoisotopic (exact) mass is 434 g/mol. The predicted octanol–water partition coefficient (Wildman–Crippen LogP) is 6.18. The molecule has 0 bridgehead atoms. The Bertz CT molecular complexity index is 1030. The molecule has 2 aromatic carbocycles. The number of fused-ring (bicyclic) bond motifs is 2. The highest BCUT2D eigenvalue weighted by Gasteiger charge is 2.50. The largest absolute Gasteiger partial charge is 0.446 e. The highest BCUT2D eigenvalue weighted by molar-refractivity contribution is 8.00. The Hall–Kier alpha value is -2.00. The predicted molar refractivity (Wildman–Crippen MR) is 93.7 cm³/mol. The maximum atomic E-state index is 14.5. The van der Waals surface area contributed by atoms with Crippen molar-refractivity contribution in [1.29, 1.82) is 0 Å². The molecule has 0 aromatic heterocycles. The average molecular weight is 434 g/mol. The van der Waals surface area contributed by atoms with Crippen LogP contribution >= 0.6 is 11.8 Å². The first-order valence-corrected chi connectivity index (χ1v) is 9.46. The van der Waals surface area contributed by atoms with Crippen LogP contribution in [0, 0.1) is 11.6 Å². The number of halogens is 7. The number of allylic oxidation sites excluding steroid dienone is 1. The molecule has 0 unspecified atom stereocenters. The standard InChI is InChI=1S/C20H13F7OS/c21-10-6-9-2-1-3-12(16(9)14(22)7-10)11-4-5-15(29-20(25,26)27)17-13(11)8-19(23,24)18(17)28/h3-7,18,28H,1-2,8H2/t18-/m0/s1. The third kappa shape index (κ3) is 3.54. The van der Waals surface area contributed by atoms with E-state index in [0.29, 0.717) is 24.5 Å². The minimum atomic E-state index is -4.73. The van der Waals surface area contributed by atoms with Crippen LogP contribution in [-0.2, 0) is 12.8 Å². The average Bonchev–Trinajstić information content (AvgIpc) is 2.83. The van der Waals surface area contributed by atoms with Gasteiger partial charge in [0.05, 0.1) is 0 Å². The van der Waals surface area contributed by atoms with Gasteiger partial charge in [-0.05, 0) is 59.0 Å². The summed E-state index contributed by atoms with van der Waals surface area (Å²) >= 11 is -0.580. The minimum Gasteiger partial charge on any atom is -0.382 e. The summed E-state index contributed by atoms with van der Waals surface area (Å²) in [5.41, 5.74) is -4.64. The molecule has 4 rings (SSSR count). The molecule has 1 atom stereocenters. The highest BCUT2D eigenvalue weighted by Crippen LogP contribution is 2.52. The van der Waals surface area contributed by atoms with E-state index in [0.717, 1.165) is 12.1 Å². The molecule has 154 valence electrons. The second-order valence-electron chi connectivity index (χ2n) is 6.97. The molecule has 0 radical (unpaired) electrons. The highest BCUT2D eigenvalue weighted by atomic mass is 32.2. The Morgan fingerprint density at radius 1 is 1.10 bits per heavy atom. The van der Waals surface area contributed by atoms with Crippen molar-refractivity contribution in [3.63, 3.8) is 0 Å². The lowest BCUT2D eigenvalue weighted by atomic mass is 9.84. The summed E-state index contributed by atoms with van der Waals surface area (Å²) in [6, 6.07) is 4.07. The summed E-state index contributed by atoms with van der Waals surface area (Å²) in [7, 11) is 0. The van der Waals surface area contributed by atoms with E-state index in [2.05, 4.69) is 0 Å². The molecule has 1 N–H and O–H groups in total. The lowest BCUT2D eigenvalue weighted by Crippen LogP contribution is -2.21. The van der Waals surface area contributed by atoms with E-state index in [1.807, 2.05) is 0 Å². The van der Waals surface area contributed by atoms with Gasteiger partial charge in [-0.25, -0.2) is 17.6 Å². The Labute approximate surface area is 165 Å². The number of thioether (sulfide) groups is 1. The molecule has 0 amide bonds. The molecule has 9 heteroatoms. The van der Waals surface area contributed by atoms with Crippen molar-refractivity contribution in [2.24, 2.45) is 0 Å². The third-order valence-electron chi connectivity index (χ3n) is 5.09. The summed E-state index contributed by atoms with van der Waals surface area (Å²) in [4.78, 5) is -0.517. The molecule has 0 saturated carbocycles. The van der Waals surface area contributed by atoms with E-state index in [-0.39, 0.29) is 22.3 Å². The molecule has 1 nitrogen and oxygen atoms in total. The van der Waals surface area contributed by atoms with Crippen molar-refractivity contribution >= 4 is 17.3 Å². The fourth-order valence-corrected chi connectivity index (χ4v) is 4.72. The van der Waals surface area contributed by atoms with E-state index in [1.54, 1.807) is 6.08 Å². The van der Waals surface area contributed by atoms with Crippen molar-refractivity contribution in [2.75, 3.05) is 0 Å². The first-order chi connectivity index (χ1) is 13.5. The van der Waals surface area contributed by atoms with Crippen LogP contribution in [0.1, 0.15) is 40.3 Å². The maximum Gasteiger partial charge on any atom is 0.446 e. The number of aliphatic hydroxyl groups is 1. The fourth-order valence-electron chi connectivity index (χ4n) is 3.99. The van der Waals surface area contributed by atoms with E-state index in [1.165, 1.54) is 6.07 Å². The number of benzene rings is 2. The Morgan fingerprint density at radius 3 is 2.52 bits per heavy atom. The molecule has 0 saturated heterocycles. The lowest BCUT2D eigenvalue weighted by Gasteiger charge is -2.22. The van der Waals surface area contributed by atoms with Gasteiger partial charge in [-0.2, -0.15) is 13.2 Å². The van der Waals surface area contributed by atoms with E-state index >= 15 is 0 Å². The summed E-state index contributed by atoms with van der Waals surface area (Å²) in [6.45, 7) is 0. The number of alkyl halides is 5. The second-order valence-corrected chi connectivity index (χ2v) is 8.08.